The molecule has 0 aliphatic carbocycles. The molecule has 0 amide bonds. The fourth-order valence-electron chi connectivity index (χ4n) is 2.66. The van der Waals surface area contributed by atoms with Gasteiger partial charge in [0.2, 0.25) is 0 Å². The molecule has 3 aromatic carbocycles. The summed E-state index contributed by atoms with van der Waals surface area (Å²) in [6, 6.07) is 9.99. The van der Waals surface area contributed by atoms with E-state index in [1.54, 1.807) is 0 Å². The molecule has 0 aliphatic heterocycles. The number of benzene rings is 3. The summed E-state index contributed by atoms with van der Waals surface area (Å²) in [5, 5.41) is 0. The highest BCUT2D eigenvalue weighted by Gasteiger charge is 2.31. The monoisotopic (exact) mass is 434 g/mol. The lowest BCUT2D eigenvalue weighted by Gasteiger charge is -2.12. The van der Waals surface area contributed by atoms with E-state index in [1.165, 1.54) is 0 Å². The Kier molecular flexibility index (Phi) is 5.60. The summed E-state index contributed by atoms with van der Waals surface area (Å²) >= 11 is 0. The zero-order valence-corrected chi connectivity index (χ0v) is 14.6. The molecule has 0 spiro atoms. The number of halogens is 8. The van der Waals surface area contributed by atoms with Gasteiger partial charge in [-0.15, -0.1) is 26.3 Å². The van der Waals surface area contributed by atoms with Crippen molar-refractivity contribution in [2.24, 2.45) is 0 Å². The molecule has 30 heavy (non-hydrogen) atoms. The van der Waals surface area contributed by atoms with Gasteiger partial charge in [0.15, 0.2) is 0 Å². The summed E-state index contributed by atoms with van der Waals surface area (Å²) < 4.78 is 110. The van der Waals surface area contributed by atoms with Gasteiger partial charge in [-0.3, -0.25) is 0 Å². The highest BCUT2D eigenvalue weighted by atomic mass is 19.4. The number of alkyl halides is 6. The van der Waals surface area contributed by atoms with E-state index in [2.05, 4.69) is 9.47 Å². The minimum absolute atomic E-state index is 0.0985. The second-order valence-corrected chi connectivity index (χ2v) is 5.96. The Balaban J connectivity index is 1.87. The molecule has 0 saturated heterocycles. The van der Waals surface area contributed by atoms with Gasteiger partial charge in [-0.05, 0) is 47.5 Å². The number of rotatable bonds is 4. The van der Waals surface area contributed by atoms with Gasteiger partial charge < -0.3 is 9.47 Å². The van der Waals surface area contributed by atoms with Crippen LogP contribution in [0.15, 0.2) is 60.7 Å². The van der Waals surface area contributed by atoms with Gasteiger partial charge in [-0.1, -0.05) is 24.3 Å². The van der Waals surface area contributed by atoms with Crippen LogP contribution in [-0.4, -0.2) is 12.7 Å². The quantitative estimate of drug-likeness (QED) is 0.408. The lowest BCUT2D eigenvalue weighted by atomic mass is 9.99. The maximum atomic E-state index is 14.5. The zero-order chi connectivity index (χ0) is 22.1. The average Bonchev–Trinajstić information content (AvgIpc) is 2.62. The van der Waals surface area contributed by atoms with E-state index in [9.17, 15) is 35.1 Å². The first kappa shape index (κ1) is 21.4. The van der Waals surface area contributed by atoms with Crippen LogP contribution in [-0.2, 0) is 0 Å². The molecule has 0 radical (unpaired) electrons. The van der Waals surface area contributed by atoms with Gasteiger partial charge in [0.05, 0.1) is 0 Å². The Morgan fingerprint density at radius 2 is 0.800 bits per heavy atom. The summed E-state index contributed by atoms with van der Waals surface area (Å²) in [4.78, 5) is 0. The van der Waals surface area contributed by atoms with E-state index in [4.69, 9.17) is 0 Å². The number of ether oxygens (including phenoxy) is 2. The lowest BCUT2D eigenvalue weighted by molar-refractivity contribution is -0.275. The van der Waals surface area contributed by atoms with Crippen molar-refractivity contribution >= 4 is 0 Å². The van der Waals surface area contributed by atoms with Gasteiger partial charge in [-0.25, -0.2) is 8.78 Å². The van der Waals surface area contributed by atoms with E-state index in [0.29, 0.717) is 0 Å². The molecule has 0 N–H and O–H groups in total. The largest absolute Gasteiger partial charge is 0.573 e. The first-order valence-corrected chi connectivity index (χ1v) is 8.13. The Morgan fingerprint density at radius 1 is 0.500 bits per heavy atom. The van der Waals surface area contributed by atoms with Crippen LogP contribution in [0.1, 0.15) is 0 Å². The predicted molar refractivity (Wildman–Crippen MR) is 90.6 cm³/mol. The fourth-order valence-corrected chi connectivity index (χ4v) is 2.66. The van der Waals surface area contributed by atoms with Crippen molar-refractivity contribution in [3.05, 3.63) is 72.3 Å². The SMILES string of the molecule is Fc1cc(-c2ccc(OC(F)(F)F)cc2)c(F)cc1-c1ccc(OC(F)(F)F)cc1. The number of hydrogen-bond donors (Lipinski definition) is 0. The van der Waals surface area contributed by atoms with Crippen molar-refractivity contribution in [3.8, 4) is 33.8 Å². The second kappa shape index (κ2) is 7.85. The molecule has 0 heterocycles. The summed E-state index contributed by atoms with van der Waals surface area (Å²) in [5.74, 6) is -2.81. The molecule has 10 heteroatoms. The summed E-state index contributed by atoms with van der Waals surface area (Å²) in [6.07, 6.45) is -9.78. The van der Waals surface area contributed by atoms with E-state index < -0.39 is 35.9 Å². The third-order valence-electron chi connectivity index (χ3n) is 3.85. The standard InChI is InChI=1S/C20H10F8O2/c21-17-10-16(12-3-7-14(8-4-12)30-20(26,27)28)18(22)9-15(17)11-1-5-13(6-2-11)29-19(23,24)25/h1-10H. The van der Waals surface area contributed by atoms with Crippen molar-refractivity contribution in [2.75, 3.05) is 0 Å². The summed E-state index contributed by atoms with van der Waals surface area (Å²) in [5.41, 5.74) is -0.235. The Labute approximate surface area is 164 Å². The van der Waals surface area contributed by atoms with E-state index >= 15 is 0 Å². The van der Waals surface area contributed by atoms with Gasteiger partial charge in [0, 0.05) is 11.1 Å². The summed E-state index contributed by atoms with van der Waals surface area (Å²) in [7, 11) is 0. The lowest BCUT2D eigenvalue weighted by Crippen LogP contribution is -2.17. The van der Waals surface area contributed by atoms with Crippen LogP contribution in [0, 0.1) is 11.6 Å². The highest BCUT2D eigenvalue weighted by Crippen LogP contribution is 2.33. The molecule has 3 rings (SSSR count). The van der Waals surface area contributed by atoms with Crippen molar-refractivity contribution in [2.45, 2.75) is 12.7 Å². The van der Waals surface area contributed by atoms with Crippen LogP contribution in [0.3, 0.4) is 0 Å². The molecule has 0 unspecified atom stereocenters. The smallest absolute Gasteiger partial charge is 0.406 e. The molecule has 158 valence electrons. The van der Waals surface area contributed by atoms with Crippen molar-refractivity contribution in [1.29, 1.82) is 0 Å². The van der Waals surface area contributed by atoms with Crippen LogP contribution in [0.2, 0.25) is 0 Å². The van der Waals surface area contributed by atoms with Crippen molar-refractivity contribution in [1.82, 2.24) is 0 Å². The molecular formula is C20H10F8O2. The topological polar surface area (TPSA) is 18.5 Å². The molecule has 0 aromatic heterocycles. The fraction of sp³-hybridized carbons (Fsp3) is 0.100. The van der Waals surface area contributed by atoms with Crippen molar-refractivity contribution < 1.29 is 44.6 Å². The number of hydrogen-bond acceptors (Lipinski definition) is 2. The highest BCUT2D eigenvalue weighted by molar-refractivity contribution is 5.72. The van der Waals surface area contributed by atoms with Crippen molar-refractivity contribution in [3.63, 3.8) is 0 Å². The van der Waals surface area contributed by atoms with E-state index in [-0.39, 0.29) is 22.3 Å². The molecular weight excluding hydrogens is 424 g/mol. The summed E-state index contributed by atoms with van der Waals surface area (Å²) in [6.45, 7) is 0. The maximum absolute atomic E-state index is 14.5. The second-order valence-electron chi connectivity index (χ2n) is 5.96. The van der Waals surface area contributed by atoms with Gasteiger partial charge >= 0.3 is 12.7 Å². The predicted octanol–water partition coefficient (Wildman–Crippen LogP) is 7.10. The van der Waals surface area contributed by atoms with Gasteiger partial charge in [0.1, 0.15) is 23.1 Å². The molecule has 0 saturated carbocycles. The molecule has 0 bridgehead atoms. The molecule has 0 aliphatic rings. The molecule has 0 fully saturated rings. The normalized spacial score (nSPS) is 12.0. The van der Waals surface area contributed by atoms with Gasteiger partial charge in [0.25, 0.3) is 0 Å². The first-order valence-electron chi connectivity index (χ1n) is 8.13. The molecule has 2 nitrogen and oxygen atoms in total. The Bertz CT molecular complexity index is 938. The maximum Gasteiger partial charge on any atom is 0.573 e. The van der Waals surface area contributed by atoms with Crippen LogP contribution >= 0.6 is 0 Å². The minimum atomic E-state index is -4.89. The minimum Gasteiger partial charge on any atom is -0.406 e. The van der Waals surface area contributed by atoms with Crippen LogP contribution < -0.4 is 9.47 Å². The first-order chi connectivity index (χ1) is 13.9. The molecule has 0 atom stereocenters. The Hall–Kier alpha value is -3.30. The average molecular weight is 434 g/mol. The van der Waals surface area contributed by atoms with Crippen LogP contribution in [0.25, 0.3) is 22.3 Å². The third-order valence-corrected chi connectivity index (χ3v) is 3.85. The third kappa shape index (κ3) is 5.40. The zero-order valence-electron chi connectivity index (χ0n) is 14.6. The Morgan fingerprint density at radius 3 is 1.07 bits per heavy atom. The van der Waals surface area contributed by atoms with Crippen LogP contribution in [0.4, 0.5) is 35.1 Å². The molecule has 3 aromatic rings. The van der Waals surface area contributed by atoms with Crippen LogP contribution in [0.5, 0.6) is 11.5 Å². The van der Waals surface area contributed by atoms with E-state index in [1.807, 2.05) is 0 Å². The van der Waals surface area contributed by atoms with E-state index in [0.717, 1.165) is 60.7 Å². The van der Waals surface area contributed by atoms with Gasteiger partial charge in [-0.2, -0.15) is 0 Å².